The van der Waals surface area contributed by atoms with Gasteiger partial charge in [0.15, 0.2) is 5.69 Å². The summed E-state index contributed by atoms with van der Waals surface area (Å²) in [6.45, 7) is 0. The van der Waals surface area contributed by atoms with Crippen LogP contribution in [0, 0.1) is 0 Å². The first-order chi connectivity index (χ1) is 12.2. The molecule has 0 radical (unpaired) electrons. The Hall–Kier alpha value is -2.36. The number of aromatic nitrogens is 2. The standard InChI is InChI=1S/C16H17F3N4O2S/c1-23-9(7-11(22-23)16(17,18)19)14(25)21-15-12(13(20)24)8-5-3-2-4-6-10(8)26-15/h7H,2-6H2,1H3,(H2,20,24)(H,21,25). The number of carbonyl (C=O) groups excluding carboxylic acids is 2. The molecule has 0 fully saturated rings. The largest absolute Gasteiger partial charge is 0.435 e. The van der Waals surface area contributed by atoms with E-state index in [-0.39, 0.29) is 16.3 Å². The summed E-state index contributed by atoms with van der Waals surface area (Å²) in [5, 5.41) is 6.15. The third kappa shape index (κ3) is 3.46. The van der Waals surface area contributed by atoms with Crippen molar-refractivity contribution < 1.29 is 22.8 Å². The van der Waals surface area contributed by atoms with Crippen molar-refractivity contribution in [3.63, 3.8) is 0 Å². The summed E-state index contributed by atoms with van der Waals surface area (Å²) < 4.78 is 39.2. The van der Waals surface area contributed by atoms with Crippen LogP contribution in [0.4, 0.5) is 18.2 Å². The Morgan fingerprint density at radius 2 is 1.96 bits per heavy atom. The average molecular weight is 386 g/mol. The number of alkyl halides is 3. The molecule has 1 aliphatic carbocycles. The van der Waals surface area contributed by atoms with E-state index < -0.39 is 23.7 Å². The van der Waals surface area contributed by atoms with E-state index in [0.717, 1.165) is 40.8 Å². The highest BCUT2D eigenvalue weighted by Gasteiger charge is 2.35. The number of anilines is 1. The van der Waals surface area contributed by atoms with E-state index in [4.69, 9.17) is 5.73 Å². The van der Waals surface area contributed by atoms with E-state index in [9.17, 15) is 22.8 Å². The molecule has 140 valence electrons. The molecule has 0 unspecified atom stereocenters. The maximum atomic E-state index is 12.8. The van der Waals surface area contributed by atoms with E-state index in [2.05, 4.69) is 10.4 Å². The fourth-order valence-electron chi connectivity index (χ4n) is 3.08. The molecule has 0 spiro atoms. The van der Waals surface area contributed by atoms with Crippen LogP contribution in [0.5, 0.6) is 0 Å². The monoisotopic (exact) mass is 386 g/mol. The lowest BCUT2D eigenvalue weighted by molar-refractivity contribution is -0.141. The van der Waals surface area contributed by atoms with Crippen molar-refractivity contribution >= 4 is 28.2 Å². The topological polar surface area (TPSA) is 90.0 Å². The summed E-state index contributed by atoms with van der Waals surface area (Å²) in [6, 6.07) is 0.678. The number of nitrogens with one attached hydrogen (secondary N) is 1. The number of hydrogen-bond donors (Lipinski definition) is 2. The van der Waals surface area contributed by atoms with Crippen molar-refractivity contribution in [1.82, 2.24) is 9.78 Å². The Morgan fingerprint density at radius 1 is 1.27 bits per heavy atom. The predicted octanol–water partition coefficient (Wildman–Crippen LogP) is 3.12. The van der Waals surface area contributed by atoms with E-state index in [1.54, 1.807) is 0 Å². The zero-order valence-electron chi connectivity index (χ0n) is 13.9. The summed E-state index contributed by atoms with van der Waals surface area (Å²) in [5.74, 6) is -1.42. The van der Waals surface area contributed by atoms with Crippen LogP contribution in [0.15, 0.2) is 6.07 Å². The van der Waals surface area contributed by atoms with Crippen LogP contribution in [-0.4, -0.2) is 21.6 Å². The highest BCUT2D eigenvalue weighted by molar-refractivity contribution is 7.17. The Morgan fingerprint density at radius 3 is 2.58 bits per heavy atom. The van der Waals surface area contributed by atoms with Crippen molar-refractivity contribution in [2.45, 2.75) is 38.3 Å². The molecule has 10 heteroatoms. The van der Waals surface area contributed by atoms with Gasteiger partial charge in [0.25, 0.3) is 11.8 Å². The number of aryl methyl sites for hydroxylation is 2. The molecule has 26 heavy (non-hydrogen) atoms. The van der Waals surface area contributed by atoms with E-state index in [0.29, 0.717) is 12.5 Å². The number of carbonyl (C=O) groups is 2. The van der Waals surface area contributed by atoms with Crippen LogP contribution >= 0.6 is 11.3 Å². The maximum absolute atomic E-state index is 12.8. The highest BCUT2D eigenvalue weighted by atomic mass is 32.1. The number of halogens is 3. The zero-order valence-corrected chi connectivity index (χ0v) is 14.8. The number of primary amides is 1. The van der Waals surface area contributed by atoms with Gasteiger partial charge in [-0.05, 0) is 31.2 Å². The molecule has 0 saturated carbocycles. The van der Waals surface area contributed by atoms with Crippen LogP contribution in [0.2, 0.25) is 0 Å². The molecule has 0 aromatic carbocycles. The first-order valence-electron chi connectivity index (χ1n) is 8.05. The number of nitrogens with zero attached hydrogens (tertiary/aromatic N) is 2. The molecule has 0 saturated heterocycles. The van der Waals surface area contributed by atoms with Crippen molar-refractivity contribution in [3.8, 4) is 0 Å². The fourth-order valence-corrected chi connectivity index (χ4v) is 4.37. The molecule has 2 aromatic rings. The van der Waals surface area contributed by atoms with Gasteiger partial charge in [-0.2, -0.15) is 18.3 Å². The van der Waals surface area contributed by atoms with Crippen LogP contribution < -0.4 is 11.1 Å². The van der Waals surface area contributed by atoms with Crippen molar-refractivity contribution in [3.05, 3.63) is 33.5 Å². The second kappa shape index (κ2) is 6.75. The minimum absolute atomic E-state index is 0.253. The molecule has 3 N–H and O–H groups in total. The number of rotatable bonds is 3. The summed E-state index contributed by atoms with van der Waals surface area (Å²) >= 11 is 1.26. The molecular formula is C16H17F3N4O2S. The summed E-state index contributed by atoms with van der Waals surface area (Å²) in [4.78, 5) is 25.3. The highest BCUT2D eigenvalue weighted by Crippen LogP contribution is 2.37. The second-order valence-electron chi connectivity index (χ2n) is 6.12. The number of hydrogen-bond acceptors (Lipinski definition) is 4. The Balaban J connectivity index is 1.93. The summed E-state index contributed by atoms with van der Waals surface area (Å²) in [7, 11) is 1.25. The van der Waals surface area contributed by atoms with Crippen molar-refractivity contribution in [2.75, 3.05) is 5.32 Å². The van der Waals surface area contributed by atoms with Gasteiger partial charge in [0.2, 0.25) is 0 Å². The van der Waals surface area contributed by atoms with E-state index in [1.165, 1.54) is 18.4 Å². The average Bonchev–Trinajstić information content (AvgIpc) is 3.00. The lowest BCUT2D eigenvalue weighted by atomic mass is 10.1. The maximum Gasteiger partial charge on any atom is 0.435 e. The molecule has 0 aliphatic heterocycles. The fraction of sp³-hybridized carbons (Fsp3) is 0.438. The summed E-state index contributed by atoms with van der Waals surface area (Å²) in [5.41, 5.74) is 5.19. The molecule has 2 aromatic heterocycles. The van der Waals surface area contributed by atoms with Crippen LogP contribution in [0.3, 0.4) is 0 Å². The first kappa shape index (κ1) is 18.4. The van der Waals surface area contributed by atoms with Crippen molar-refractivity contribution in [2.24, 2.45) is 12.8 Å². The Kier molecular flexibility index (Phi) is 4.78. The third-order valence-corrected chi connectivity index (χ3v) is 5.50. The van der Waals surface area contributed by atoms with Crippen LogP contribution in [-0.2, 0) is 26.1 Å². The predicted molar refractivity (Wildman–Crippen MR) is 90.3 cm³/mol. The molecule has 0 atom stereocenters. The minimum Gasteiger partial charge on any atom is -0.365 e. The first-order valence-corrected chi connectivity index (χ1v) is 8.87. The molecule has 0 bridgehead atoms. The van der Waals surface area contributed by atoms with Crippen molar-refractivity contribution in [1.29, 1.82) is 0 Å². The lowest BCUT2D eigenvalue weighted by Crippen LogP contribution is -2.19. The Bertz CT molecular complexity index is 870. The molecule has 2 heterocycles. The van der Waals surface area contributed by atoms with E-state index >= 15 is 0 Å². The minimum atomic E-state index is -4.64. The van der Waals surface area contributed by atoms with Crippen LogP contribution in [0.25, 0.3) is 0 Å². The normalized spacial score (nSPS) is 14.6. The van der Waals surface area contributed by atoms with Gasteiger partial charge in [0.1, 0.15) is 10.7 Å². The smallest absolute Gasteiger partial charge is 0.365 e. The number of nitrogens with two attached hydrogens (primary N) is 1. The SMILES string of the molecule is Cn1nc(C(F)(F)F)cc1C(=O)Nc1sc2c(c1C(N)=O)CCCCC2. The van der Waals surface area contributed by atoms with Crippen LogP contribution in [0.1, 0.15) is 56.2 Å². The van der Waals surface area contributed by atoms with Gasteiger partial charge in [-0.25, -0.2) is 0 Å². The molecule has 1 aliphatic rings. The van der Waals surface area contributed by atoms with Gasteiger partial charge in [0.05, 0.1) is 5.56 Å². The van der Waals surface area contributed by atoms with Gasteiger partial charge in [-0.3, -0.25) is 14.3 Å². The quantitative estimate of drug-likeness (QED) is 0.794. The third-order valence-electron chi connectivity index (χ3n) is 4.30. The number of amides is 2. The molecule has 3 rings (SSSR count). The van der Waals surface area contributed by atoms with Gasteiger partial charge >= 0.3 is 6.18 Å². The van der Waals surface area contributed by atoms with Gasteiger partial charge < -0.3 is 11.1 Å². The zero-order chi connectivity index (χ0) is 19.1. The lowest BCUT2D eigenvalue weighted by Gasteiger charge is -2.06. The molecule has 2 amide bonds. The Labute approximate surface area is 151 Å². The van der Waals surface area contributed by atoms with Gasteiger partial charge in [-0.1, -0.05) is 6.42 Å². The van der Waals surface area contributed by atoms with Gasteiger partial charge in [0, 0.05) is 18.0 Å². The summed E-state index contributed by atoms with van der Waals surface area (Å²) in [6.07, 6.45) is -0.195. The van der Waals surface area contributed by atoms with E-state index in [1.807, 2.05) is 0 Å². The van der Waals surface area contributed by atoms with Gasteiger partial charge in [-0.15, -0.1) is 11.3 Å². The molecule has 6 nitrogen and oxygen atoms in total. The number of thiophene rings is 1. The number of fused-ring (bicyclic) bond motifs is 1. The molecular weight excluding hydrogens is 369 g/mol. The second-order valence-corrected chi connectivity index (χ2v) is 7.23.